The molecule has 2 aromatic rings. The molecule has 0 spiro atoms. The zero-order valence-corrected chi connectivity index (χ0v) is 12.1. The fourth-order valence-electron chi connectivity index (χ4n) is 2.39. The van der Waals surface area contributed by atoms with Crippen LogP contribution in [0.5, 0.6) is 0 Å². The van der Waals surface area contributed by atoms with Crippen LogP contribution >= 0.6 is 0 Å². The van der Waals surface area contributed by atoms with E-state index in [1.807, 2.05) is 18.2 Å². The van der Waals surface area contributed by atoms with E-state index in [4.69, 9.17) is 0 Å². The molecule has 0 bridgehead atoms. The van der Waals surface area contributed by atoms with E-state index in [1.165, 1.54) is 0 Å². The van der Waals surface area contributed by atoms with Gasteiger partial charge in [0.05, 0.1) is 17.1 Å². The third kappa shape index (κ3) is 2.59. The van der Waals surface area contributed by atoms with Crippen LogP contribution in [0.25, 0.3) is 11.0 Å². The van der Waals surface area contributed by atoms with Crippen molar-refractivity contribution < 1.29 is 5.11 Å². The highest BCUT2D eigenvalue weighted by Gasteiger charge is 2.12. The smallest absolute Gasteiger partial charge is 0.328 e. The summed E-state index contributed by atoms with van der Waals surface area (Å²) in [5, 5.41) is 10.2. The molecule has 1 unspecified atom stereocenters. The number of hydrogen-bond donors (Lipinski definition) is 1. The van der Waals surface area contributed by atoms with Gasteiger partial charge in [-0.05, 0) is 36.5 Å². The van der Waals surface area contributed by atoms with Crippen molar-refractivity contribution in [2.75, 3.05) is 0 Å². The molecular weight excluding hydrogens is 240 g/mol. The Kier molecular flexibility index (Phi) is 3.80. The Morgan fingerprint density at radius 3 is 2.37 bits per heavy atom. The summed E-state index contributed by atoms with van der Waals surface area (Å²) in [6.45, 7) is 4.30. The maximum atomic E-state index is 11.8. The number of aryl methyl sites for hydroxylation is 2. The van der Waals surface area contributed by atoms with Crippen molar-refractivity contribution in [2.45, 2.75) is 32.8 Å². The Balaban J connectivity index is 2.36. The van der Waals surface area contributed by atoms with Crippen molar-refractivity contribution in [1.29, 1.82) is 0 Å². The monoisotopic (exact) mass is 262 g/mol. The molecule has 0 radical (unpaired) electrons. The molecule has 0 aliphatic carbocycles. The van der Waals surface area contributed by atoms with E-state index in [2.05, 4.69) is 13.8 Å². The van der Waals surface area contributed by atoms with E-state index in [0.29, 0.717) is 5.92 Å². The molecule has 1 atom stereocenters. The molecule has 0 amide bonds. The quantitative estimate of drug-likeness (QED) is 0.919. The second-order valence-corrected chi connectivity index (χ2v) is 5.64. The van der Waals surface area contributed by atoms with Crippen LogP contribution in [-0.2, 0) is 14.1 Å². The molecule has 1 heterocycles. The Hall–Kier alpha value is -1.55. The molecule has 1 aromatic heterocycles. The molecule has 19 heavy (non-hydrogen) atoms. The Morgan fingerprint density at radius 1 is 1.11 bits per heavy atom. The van der Waals surface area contributed by atoms with Crippen molar-refractivity contribution >= 4 is 11.0 Å². The predicted molar refractivity (Wildman–Crippen MR) is 77.2 cm³/mol. The lowest BCUT2D eigenvalue weighted by atomic mass is 9.99. The summed E-state index contributed by atoms with van der Waals surface area (Å²) >= 11 is 0. The number of fused-ring (bicyclic) bond motifs is 1. The molecule has 4 nitrogen and oxygen atoms in total. The fourth-order valence-corrected chi connectivity index (χ4v) is 2.39. The van der Waals surface area contributed by atoms with Crippen LogP contribution < -0.4 is 5.69 Å². The molecule has 1 N–H and O–H groups in total. The van der Waals surface area contributed by atoms with Gasteiger partial charge in [0, 0.05) is 14.1 Å². The lowest BCUT2D eigenvalue weighted by Gasteiger charge is -2.12. The summed E-state index contributed by atoms with van der Waals surface area (Å²) in [7, 11) is 3.52. The van der Waals surface area contributed by atoms with Crippen LogP contribution in [0.1, 0.15) is 38.4 Å². The number of aliphatic hydroxyl groups excluding tert-OH is 1. The number of aliphatic hydroxyl groups is 1. The number of imidazole rings is 1. The van der Waals surface area contributed by atoms with E-state index in [0.717, 1.165) is 29.4 Å². The third-order valence-electron chi connectivity index (χ3n) is 3.70. The molecule has 0 saturated carbocycles. The largest absolute Gasteiger partial charge is 0.388 e. The normalized spacial score (nSPS) is 13.4. The third-order valence-corrected chi connectivity index (χ3v) is 3.70. The Bertz CT molecular complexity index is 637. The standard InChI is InChI=1S/C15H22N2O2/c1-10(2)5-8-14(18)11-6-7-12-13(9-11)17(4)15(19)16(12)3/h6-7,9-10,14,18H,5,8H2,1-4H3. The van der Waals surface area contributed by atoms with Gasteiger partial charge in [0.1, 0.15) is 0 Å². The zero-order chi connectivity index (χ0) is 14.2. The van der Waals surface area contributed by atoms with Crippen molar-refractivity contribution in [2.24, 2.45) is 20.0 Å². The average Bonchev–Trinajstić information content (AvgIpc) is 2.61. The van der Waals surface area contributed by atoms with E-state index < -0.39 is 6.10 Å². The molecule has 4 heteroatoms. The first-order valence-electron chi connectivity index (χ1n) is 6.75. The highest BCUT2D eigenvalue weighted by Crippen LogP contribution is 2.24. The van der Waals surface area contributed by atoms with Crippen LogP contribution in [0.3, 0.4) is 0 Å². The van der Waals surface area contributed by atoms with E-state index in [9.17, 15) is 9.90 Å². The van der Waals surface area contributed by atoms with Crippen LogP contribution in [0.15, 0.2) is 23.0 Å². The number of rotatable bonds is 4. The highest BCUT2D eigenvalue weighted by molar-refractivity contribution is 5.76. The zero-order valence-electron chi connectivity index (χ0n) is 12.1. The molecule has 0 aliphatic heterocycles. The van der Waals surface area contributed by atoms with Crippen LogP contribution in [-0.4, -0.2) is 14.2 Å². The van der Waals surface area contributed by atoms with Gasteiger partial charge in [0.15, 0.2) is 0 Å². The molecular formula is C15H22N2O2. The number of benzene rings is 1. The summed E-state index contributed by atoms with van der Waals surface area (Å²) in [6, 6.07) is 5.74. The summed E-state index contributed by atoms with van der Waals surface area (Å²) in [5.41, 5.74) is 2.61. The molecule has 104 valence electrons. The van der Waals surface area contributed by atoms with Crippen molar-refractivity contribution in [1.82, 2.24) is 9.13 Å². The topological polar surface area (TPSA) is 47.2 Å². The average molecular weight is 262 g/mol. The minimum absolute atomic E-state index is 0.0381. The van der Waals surface area contributed by atoms with Crippen LogP contribution in [0.4, 0.5) is 0 Å². The van der Waals surface area contributed by atoms with Gasteiger partial charge in [-0.2, -0.15) is 0 Å². The van der Waals surface area contributed by atoms with Gasteiger partial charge in [0.25, 0.3) is 0 Å². The summed E-state index contributed by atoms with van der Waals surface area (Å²) in [4.78, 5) is 11.8. The fraction of sp³-hybridized carbons (Fsp3) is 0.533. The molecule has 2 rings (SSSR count). The van der Waals surface area contributed by atoms with Crippen molar-refractivity contribution in [3.8, 4) is 0 Å². The van der Waals surface area contributed by atoms with E-state index >= 15 is 0 Å². The van der Waals surface area contributed by atoms with Crippen molar-refractivity contribution in [3.05, 3.63) is 34.2 Å². The van der Waals surface area contributed by atoms with E-state index in [-0.39, 0.29) is 5.69 Å². The minimum atomic E-state index is -0.456. The molecule has 0 aliphatic rings. The van der Waals surface area contributed by atoms with Gasteiger partial charge in [-0.3, -0.25) is 9.13 Å². The molecule has 0 saturated heterocycles. The number of aromatic nitrogens is 2. The first kappa shape index (κ1) is 13.9. The Labute approximate surface area is 113 Å². The SMILES string of the molecule is CC(C)CCC(O)c1ccc2c(c1)n(C)c(=O)n2C. The van der Waals surface area contributed by atoms with Gasteiger partial charge in [-0.15, -0.1) is 0 Å². The van der Waals surface area contributed by atoms with Gasteiger partial charge in [0.2, 0.25) is 0 Å². The van der Waals surface area contributed by atoms with Crippen LogP contribution in [0, 0.1) is 5.92 Å². The van der Waals surface area contributed by atoms with Crippen LogP contribution in [0.2, 0.25) is 0 Å². The summed E-state index contributed by atoms with van der Waals surface area (Å²) < 4.78 is 3.24. The van der Waals surface area contributed by atoms with Gasteiger partial charge >= 0.3 is 5.69 Å². The first-order valence-corrected chi connectivity index (χ1v) is 6.75. The second-order valence-electron chi connectivity index (χ2n) is 5.64. The second kappa shape index (κ2) is 5.21. The van der Waals surface area contributed by atoms with Gasteiger partial charge < -0.3 is 5.11 Å². The van der Waals surface area contributed by atoms with Gasteiger partial charge in [-0.1, -0.05) is 19.9 Å². The highest BCUT2D eigenvalue weighted by atomic mass is 16.3. The lowest BCUT2D eigenvalue weighted by Crippen LogP contribution is -2.19. The first-order chi connectivity index (χ1) is 8.91. The maximum Gasteiger partial charge on any atom is 0.328 e. The minimum Gasteiger partial charge on any atom is -0.388 e. The number of hydrogen-bond acceptors (Lipinski definition) is 2. The van der Waals surface area contributed by atoms with Crippen molar-refractivity contribution in [3.63, 3.8) is 0 Å². The summed E-state index contributed by atoms with van der Waals surface area (Å²) in [6.07, 6.45) is 1.29. The number of nitrogens with zero attached hydrogens (tertiary/aromatic N) is 2. The lowest BCUT2D eigenvalue weighted by molar-refractivity contribution is 0.159. The maximum absolute atomic E-state index is 11.8. The van der Waals surface area contributed by atoms with E-state index in [1.54, 1.807) is 23.2 Å². The molecule has 0 fully saturated rings. The summed E-state index contributed by atoms with van der Waals surface area (Å²) in [5.74, 6) is 0.583. The Morgan fingerprint density at radius 2 is 1.74 bits per heavy atom. The van der Waals surface area contributed by atoms with Gasteiger partial charge in [-0.25, -0.2) is 4.79 Å². The predicted octanol–water partition coefficient (Wildman–Crippen LogP) is 2.35. The molecule has 1 aromatic carbocycles.